The summed E-state index contributed by atoms with van der Waals surface area (Å²) in [6.45, 7) is 4.13. The van der Waals surface area contributed by atoms with Crippen LogP contribution in [-0.2, 0) is 11.3 Å². The summed E-state index contributed by atoms with van der Waals surface area (Å²) < 4.78 is 2.73. The standard InChI is InChI=1S/C29H22N4O2S3/c1-3-18-31-26(35)24(28-30(2)21-16-10-11-17-22(21)37-28)38-27(31)23-25(34)33(20-14-8-5-9-15-20)29(36)32(23)19-12-6-4-7-13-19/h3-17H,1,18H2,2H3/b27-23-,28-24-. The minimum Gasteiger partial charge on any atom is -0.337 e. The van der Waals surface area contributed by atoms with Crippen molar-refractivity contribution in [2.45, 2.75) is 11.4 Å². The summed E-state index contributed by atoms with van der Waals surface area (Å²) in [5, 5.41) is 1.17. The molecule has 0 unspecified atom stereocenters. The predicted molar refractivity (Wildman–Crippen MR) is 161 cm³/mol. The molecule has 0 spiro atoms. The van der Waals surface area contributed by atoms with Gasteiger partial charge in [0.1, 0.15) is 19.9 Å². The third-order valence-electron chi connectivity index (χ3n) is 6.37. The van der Waals surface area contributed by atoms with Gasteiger partial charge in [-0.15, -0.1) is 17.9 Å². The highest BCUT2D eigenvalue weighted by Gasteiger charge is 2.41. The van der Waals surface area contributed by atoms with E-state index in [0.29, 0.717) is 25.7 Å². The Morgan fingerprint density at radius 2 is 1.47 bits per heavy atom. The van der Waals surface area contributed by atoms with Crippen LogP contribution in [0.5, 0.6) is 0 Å². The Balaban J connectivity index is 1.67. The number of nitrogens with zero attached hydrogens (tertiary/aromatic N) is 4. The smallest absolute Gasteiger partial charge is 0.284 e. The molecule has 1 fully saturated rings. The van der Waals surface area contributed by atoms with E-state index in [0.717, 1.165) is 21.3 Å². The largest absolute Gasteiger partial charge is 0.337 e. The first kappa shape index (κ1) is 24.4. The number of thiocarbonyl (C=S) groups is 1. The van der Waals surface area contributed by atoms with E-state index in [1.807, 2.05) is 96.9 Å². The Bertz CT molecular complexity index is 1780. The number of thiazole rings is 1. The highest BCUT2D eigenvalue weighted by Crippen LogP contribution is 2.45. The third-order valence-corrected chi connectivity index (χ3v) is 9.28. The zero-order valence-corrected chi connectivity index (χ0v) is 22.9. The summed E-state index contributed by atoms with van der Waals surface area (Å²) in [6, 6.07) is 26.9. The van der Waals surface area contributed by atoms with Crippen LogP contribution in [0.3, 0.4) is 0 Å². The van der Waals surface area contributed by atoms with Crippen molar-refractivity contribution < 1.29 is 4.79 Å². The van der Waals surface area contributed by atoms with Gasteiger partial charge in [-0.2, -0.15) is 0 Å². The zero-order valence-electron chi connectivity index (χ0n) is 20.4. The zero-order chi connectivity index (χ0) is 26.4. The van der Waals surface area contributed by atoms with Crippen LogP contribution >= 0.6 is 35.3 Å². The Labute approximate surface area is 233 Å². The fourth-order valence-electron chi connectivity index (χ4n) is 4.61. The molecule has 3 heterocycles. The molecule has 0 atom stereocenters. The number of aromatic nitrogens is 1. The van der Waals surface area contributed by atoms with Crippen LogP contribution in [0, 0.1) is 0 Å². The van der Waals surface area contributed by atoms with Crippen LogP contribution in [0.15, 0.2) is 107 Å². The van der Waals surface area contributed by atoms with Gasteiger partial charge in [0.15, 0.2) is 5.11 Å². The third kappa shape index (κ3) is 3.82. The monoisotopic (exact) mass is 554 g/mol. The molecule has 2 aliphatic rings. The van der Waals surface area contributed by atoms with Gasteiger partial charge in [-0.25, -0.2) is 0 Å². The molecule has 1 amide bonds. The molecule has 1 saturated heterocycles. The molecule has 3 aromatic carbocycles. The minimum atomic E-state index is -0.281. The van der Waals surface area contributed by atoms with Crippen molar-refractivity contribution in [2.24, 2.45) is 0 Å². The molecule has 0 radical (unpaired) electrons. The van der Waals surface area contributed by atoms with Crippen molar-refractivity contribution in [3.05, 3.63) is 117 Å². The maximum Gasteiger partial charge on any atom is 0.284 e. The van der Waals surface area contributed by atoms with E-state index in [2.05, 4.69) is 6.58 Å². The molecule has 9 heteroatoms. The maximum absolute atomic E-state index is 14.1. The maximum atomic E-state index is 14.1. The number of para-hydroxylation sites is 3. The van der Waals surface area contributed by atoms with Crippen LogP contribution in [0.25, 0.3) is 10.7 Å². The van der Waals surface area contributed by atoms with Gasteiger partial charge in [0.05, 0.1) is 11.4 Å². The first-order valence-corrected chi connectivity index (χ1v) is 13.9. The van der Waals surface area contributed by atoms with Gasteiger partial charge in [-0.3, -0.25) is 24.0 Å². The molecule has 0 bridgehead atoms. The number of carbonyl (C=O) groups is 1. The van der Waals surface area contributed by atoms with Crippen LogP contribution < -0.4 is 29.5 Å². The summed E-state index contributed by atoms with van der Waals surface area (Å²) in [6.07, 6.45) is 1.67. The van der Waals surface area contributed by atoms with Gasteiger partial charge >= 0.3 is 0 Å². The normalized spacial score (nSPS) is 17.9. The van der Waals surface area contributed by atoms with E-state index in [4.69, 9.17) is 12.2 Å². The Kier molecular flexibility index (Phi) is 6.27. The number of benzene rings is 3. The number of thioether (sulfide) groups is 1. The summed E-state index contributed by atoms with van der Waals surface area (Å²) >= 11 is 8.76. The van der Waals surface area contributed by atoms with Crippen molar-refractivity contribution >= 4 is 74.1 Å². The average molecular weight is 555 g/mol. The number of hydrogen-bond donors (Lipinski definition) is 0. The van der Waals surface area contributed by atoms with Crippen LogP contribution in [0.2, 0.25) is 0 Å². The second kappa shape index (κ2) is 9.75. The molecule has 2 aliphatic heterocycles. The molecule has 0 N–H and O–H groups in total. The number of carbonyl (C=O) groups excluding carboxylic acids is 1. The first-order chi connectivity index (χ1) is 18.5. The van der Waals surface area contributed by atoms with Crippen LogP contribution in [0.4, 0.5) is 17.1 Å². The lowest BCUT2D eigenvalue weighted by atomic mass is 10.3. The molecule has 0 aliphatic carbocycles. The molecule has 38 heavy (non-hydrogen) atoms. The summed E-state index contributed by atoms with van der Waals surface area (Å²) in [5.74, 6) is -0.281. The summed E-state index contributed by atoms with van der Waals surface area (Å²) in [5.41, 5.74) is 2.65. The Morgan fingerprint density at radius 1 is 0.868 bits per heavy atom. The number of amides is 1. The summed E-state index contributed by atoms with van der Waals surface area (Å²) in [7, 11) is 1.96. The molecular weight excluding hydrogens is 533 g/mol. The number of rotatable bonds is 4. The lowest BCUT2D eigenvalue weighted by Crippen LogP contribution is -2.36. The first-order valence-electron chi connectivity index (χ1n) is 11.9. The predicted octanol–water partition coefficient (Wildman–Crippen LogP) is 4.35. The van der Waals surface area contributed by atoms with E-state index in [9.17, 15) is 9.59 Å². The van der Waals surface area contributed by atoms with E-state index in [-0.39, 0.29) is 18.0 Å². The van der Waals surface area contributed by atoms with E-state index < -0.39 is 0 Å². The van der Waals surface area contributed by atoms with Gasteiger partial charge in [-0.1, -0.05) is 66.4 Å². The Hall–Kier alpha value is -3.92. The van der Waals surface area contributed by atoms with Crippen molar-refractivity contribution in [1.82, 2.24) is 4.57 Å². The lowest BCUT2D eigenvalue weighted by molar-refractivity contribution is -0.112. The second-order valence-corrected chi connectivity index (χ2v) is 11.0. The fourth-order valence-corrected chi connectivity index (χ4v) is 7.48. The van der Waals surface area contributed by atoms with E-state index in [1.165, 1.54) is 16.2 Å². The molecule has 0 saturated carbocycles. The minimum absolute atomic E-state index is 0.163. The van der Waals surface area contributed by atoms with Gasteiger partial charge < -0.3 is 4.90 Å². The van der Waals surface area contributed by atoms with Gasteiger partial charge in [0, 0.05) is 24.2 Å². The van der Waals surface area contributed by atoms with Crippen LogP contribution in [0.1, 0.15) is 0 Å². The quantitative estimate of drug-likeness (QED) is 0.276. The molecule has 4 aromatic rings. The highest BCUT2D eigenvalue weighted by atomic mass is 32.2. The number of allylic oxidation sites excluding steroid dienone is 1. The fraction of sp³-hybridized carbons (Fsp3) is 0.0690. The van der Waals surface area contributed by atoms with E-state index >= 15 is 0 Å². The van der Waals surface area contributed by atoms with Crippen molar-refractivity contribution in [1.29, 1.82) is 0 Å². The topological polar surface area (TPSA) is 48.8 Å². The van der Waals surface area contributed by atoms with E-state index in [1.54, 1.807) is 27.3 Å². The van der Waals surface area contributed by atoms with Gasteiger partial charge in [-0.05, 0) is 48.6 Å². The average Bonchev–Trinajstić information content (AvgIpc) is 3.53. The molecule has 6 nitrogen and oxygen atoms in total. The molecule has 1 aromatic heterocycles. The second-order valence-electron chi connectivity index (χ2n) is 8.65. The van der Waals surface area contributed by atoms with Gasteiger partial charge in [0.2, 0.25) is 0 Å². The van der Waals surface area contributed by atoms with Crippen molar-refractivity contribution in [3.63, 3.8) is 0 Å². The molecule has 6 rings (SSSR count). The number of hydrogen-bond acceptors (Lipinski definition) is 6. The van der Waals surface area contributed by atoms with Crippen molar-refractivity contribution in [2.75, 3.05) is 21.7 Å². The van der Waals surface area contributed by atoms with Gasteiger partial charge in [0.25, 0.3) is 11.5 Å². The van der Waals surface area contributed by atoms with Crippen LogP contribution in [-0.4, -0.2) is 22.6 Å². The highest BCUT2D eigenvalue weighted by molar-refractivity contribution is 8.08. The Morgan fingerprint density at radius 3 is 2.11 bits per heavy atom. The molecule has 188 valence electrons. The summed E-state index contributed by atoms with van der Waals surface area (Å²) in [4.78, 5) is 34.4. The molecular formula is C29H22N4O2S3. The lowest BCUT2D eigenvalue weighted by Gasteiger charge is -2.20. The number of fused-ring (bicyclic) bond motifs is 1. The SMILES string of the molecule is C=CCn1c(=O)/c(=C2/Sc3ccccc3N2C)s/c1=C1/C(=O)N(c2ccccc2)C(=S)N1c1ccccc1. The van der Waals surface area contributed by atoms with Crippen molar-refractivity contribution in [3.8, 4) is 0 Å². The number of anilines is 3.